The van der Waals surface area contributed by atoms with Crippen molar-refractivity contribution in [3.63, 3.8) is 0 Å². The number of halogens is 4. The van der Waals surface area contributed by atoms with Gasteiger partial charge in [-0.2, -0.15) is 0 Å². The number of nitrogens with one attached hydrogen (secondary N) is 1. The highest BCUT2D eigenvalue weighted by Gasteiger charge is 2.66. The number of thioether (sulfide) groups is 1. The van der Waals surface area contributed by atoms with E-state index in [1.165, 1.54) is 23.9 Å². The number of hydrogen-bond donors (Lipinski definition) is 2. The van der Waals surface area contributed by atoms with E-state index < -0.39 is 48.3 Å². The predicted molar refractivity (Wildman–Crippen MR) is 111 cm³/mol. The summed E-state index contributed by atoms with van der Waals surface area (Å²) in [6, 6.07) is 3.84. The van der Waals surface area contributed by atoms with E-state index in [2.05, 4.69) is 25.0 Å². The van der Waals surface area contributed by atoms with Gasteiger partial charge in [-0.1, -0.05) is 11.8 Å². The topological polar surface area (TPSA) is 102 Å². The van der Waals surface area contributed by atoms with Crippen molar-refractivity contribution in [1.29, 1.82) is 0 Å². The molecule has 1 spiro atoms. The van der Waals surface area contributed by atoms with E-state index in [1.54, 1.807) is 6.92 Å². The summed E-state index contributed by atoms with van der Waals surface area (Å²) < 4.78 is 59.3. The molecular formula is C20H19F4N5O2S. The zero-order chi connectivity index (χ0) is 23.1. The number of amidine groups is 1. The van der Waals surface area contributed by atoms with Crippen LogP contribution in [0.4, 0.5) is 23.2 Å². The molecule has 0 unspecified atom stereocenters. The predicted octanol–water partition coefficient (Wildman–Crippen LogP) is 3.87. The minimum absolute atomic E-state index is 0.0619. The molecule has 2 heterocycles. The van der Waals surface area contributed by atoms with Gasteiger partial charge in [0, 0.05) is 35.3 Å². The Balaban J connectivity index is 1.63. The number of aromatic nitrogens is 2. The van der Waals surface area contributed by atoms with Gasteiger partial charge in [0.15, 0.2) is 5.17 Å². The molecule has 1 fully saturated rings. The number of hydrogen-bond acceptors (Lipinski definition) is 7. The summed E-state index contributed by atoms with van der Waals surface area (Å²) in [5.74, 6) is -3.94. The number of ether oxygens (including phenoxy) is 1. The van der Waals surface area contributed by atoms with Crippen LogP contribution in [0.15, 0.2) is 35.6 Å². The molecule has 1 atom stereocenters. The molecule has 1 aromatic carbocycles. The number of anilines is 1. The van der Waals surface area contributed by atoms with Crippen molar-refractivity contribution < 1.29 is 27.1 Å². The molecule has 0 radical (unpaired) electrons. The lowest BCUT2D eigenvalue weighted by molar-refractivity contribution is -0.178. The lowest BCUT2D eigenvalue weighted by Crippen LogP contribution is -2.60. The molecule has 0 bridgehead atoms. The SMILES string of the molecule is C[C@]1(c2cc(NC(=O)c3cnc(OCF)cn3)ccc2F)N=C(N)SCC12CC(F)(F)C2. The Hall–Kier alpha value is -2.89. The monoisotopic (exact) mass is 469 g/mol. The Morgan fingerprint density at radius 1 is 1.28 bits per heavy atom. The Labute approximate surface area is 184 Å². The molecule has 1 amide bonds. The molecule has 3 N–H and O–H groups in total. The number of alkyl halides is 3. The minimum Gasteiger partial charge on any atom is -0.445 e. The number of carbonyl (C=O) groups is 1. The Bertz CT molecular complexity index is 1070. The average molecular weight is 469 g/mol. The van der Waals surface area contributed by atoms with E-state index in [1.807, 2.05) is 0 Å². The summed E-state index contributed by atoms with van der Waals surface area (Å²) >= 11 is 1.17. The molecule has 1 saturated carbocycles. The van der Waals surface area contributed by atoms with E-state index in [-0.39, 0.29) is 33.7 Å². The third-order valence-electron chi connectivity index (χ3n) is 5.87. The van der Waals surface area contributed by atoms with Crippen LogP contribution in [0.5, 0.6) is 5.88 Å². The second-order valence-electron chi connectivity index (χ2n) is 7.94. The Morgan fingerprint density at radius 3 is 2.66 bits per heavy atom. The first kappa shape index (κ1) is 22.3. The van der Waals surface area contributed by atoms with Gasteiger partial charge in [-0.3, -0.25) is 9.79 Å². The van der Waals surface area contributed by atoms with Crippen LogP contribution >= 0.6 is 11.8 Å². The first-order valence-corrected chi connectivity index (χ1v) is 10.5. The second-order valence-corrected chi connectivity index (χ2v) is 8.94. The first-order chi connectivity index (χ1) is 15.1. The fraction of sp³-hybridized carbons (Fsp3) is 0.400. The molecule has 32 heavy (non-hydrogen) atoms. The van der Waals surface area contributed by atoms with Crippen LogP contribution in [0.3, 0.4) is 0 Å². The van der Waals surface area contributed by atoms with E-state index in [9.17, 15) is 22.4 Å². The highest BCUT2D eigenvalue weighted by Crippen LogP contribution is 2.65. The van der Waals surface area contributed by atoms with E-state index in [4.69, 9.17) is 5.73 Å². The summed E-state index contributed by atoms with van der Waals surface area (Å²) in [4.78, 5) is 24.5. The largest absolute Gasteiger partial charge is 0.445 e. The smallest absolute Gasteiger partial charge is 0.275 e. The molecule has 170 valence electrons. The molecule has 2 aromatic rings. The van der Waals surface area contributed by atoms with Gasteiger partial charge in [-0.25, -0.2) is 27.5 Å². The van der Waals surface area contributed by atoms with Crippen LogP contribution in [0.25, 0.3) is 0 Å². The van der Waals surface area contributed by atoms with E-state index in [0.29, 0.717) is 0 Å². The van der Waals surface area contributed by atoms with Crippen LogP contribution in [0, 0.1) is 11.2 Å². The normalized spacial score (nSPS) is 23.2. The van der Waals surface area contributed by atoms with Crippen LogP contribution in [0.2, 0.25) is 0 Å². The number of amides is 1. The molecule has 1 aliphatic heterocycles. The molecule has 4 rings (SSSR count). The number of carbonyl (C=O) groups excluding carboxylic acids is 1. The molecule has 1 aliphatic carbocycles. The Kier molecular flexibility index (Phi) is 5.51. The van der Waals surface area contributed by atoms with Crippen molar-refractivity contribution in [3.05, 3.63) is 47.7 Å². The van der Waals surface area contributed by atoms with Crippen molar-refractivity contribution in [2.24, 2.45) is 16.1 Å². The van der Waals surface area contributed by atoms with Gasteiger partial charge in [0.25, 0.3) is 5.91 Å². The summed E-state index contributed by atoms with van der Waals surface area (Å²) in [5, 5.41) is 2.76. The van der Waals surface area contributed by atoms with Gasteiger partial charge in [0.2, 0.25) is 18.7 Å². The third-order valence-corrected chi connectivity index (χ3v) is 6.95. The molecule has 0 saturated heterocycles. The summed E-state index contributed by atoms with van der Waals surface area (Å²) in [7, 11) is 0. The van der Waals surface area contributed by atoms with Gasteiger partial charge in [-0.05, 0) is 25.1 Å². The van der Waals surface area contributed by atoms with Crippen LogP contribution in [-0.4, -0.2) is 39.6 Å². The standard InChI is InChI=1S/C20H19F4N5O2S/c1-18(19(7-20(23,24)8-19)9-32-17(25)29-18)12-4-11(2-3-13(12)22)28-16(30)14-5-27-15(6-26-14)31-10-21/h2-6H,7-10H2,1H3,(H2,25,29)(H,28,30)/t18-/m1/s1. The Morgan fingerprint density at radius 2 is 2.03 bits per heavy atom. The molecule has 12 heteroatoms. The molecule has 7 nitrogen and oxygen atoms in total. The fourth-order valence-electron chi connectivity index (χ4n) is 4.19. The lowest BCUT2D eigenvalue weighted by Gasteiger charge is -2.57. The maximum Gasteiger partial charge on any atom is 0.275 e. The maximum atomic E-state index is 14.9. The quantitative estimate of drug-likeness (QED) is 0.645. The number of benzene rings is 1. The van der Waals surface area contributed by atoms with Gasteiger partial charge >= 0.3 is 0 Å². The summed E-state index contributed by atoms with van der Waals surface area (Å²) in [6.07, 6.45) is 1.32. The fourth-order valence-corrected chi connectivity index (χ4v) is 5.35. The number of nitrogens with two attached hydrogens (primary N) is 1. The van der Waals surface area contributed by atoms with Crippen LogP contribution in [0.1, 0.15) is 35.8 Å². The van der Waals surface area contributed by atoms with E-state index >= 15 is 0 Å². The lowest BCUT2D eigenvalue weighted by atomic mass is 9.55. The van der Waals surface area contributed by atoms with Crippen molar-refractivity contribution in [3.8, 4) is 5.88 Å². The summed E-state index contributed by atoms with van der Waals surface area (Å²) in [6.45, 7) is 0.504. The number of rotatable bonds is 5. The zero-order valence-corrected chi connectivity index (χ0v) is 17.7. The van der Waals surface area contributed by atoms with Gasteiger partial charge in [0.05, 0.1) is 17.9 Å². The van der Waals surface area contributed by atoms with Crippen molar-refractivity contribution in [2.45, 2.75) is 31.2 Å². The van der Waals surface area contributed by atoms with E-state index in [0.717, 1.165) is 18.5 Å². The minimum atomic E-state index is -2.84. The van der Waals surface area contributed by atoms with Crippen LogP contribution in [-0.2, 0) is 5.54 Å². The summed E-state index contributed by atoms with van der Waals surface area (Å²) in [5.41, 5.74) is 3.77. The van der Waals surface area contributed by atoms with Gasteiger partial charge < -0.3 is 15.8 Å². The van der Waals surface area contributed by atoms with Crippen LogP contribution < -0.4 is 15.8 Å². The van der Waals surface area contributed by atoms with Crippen molar-refractivity contribution in [1.82, 2.24) is 9.97 Å². The number of aliphatic imine (C=N–C) groups is 1. The highest BCUT2D eigenvalue weighted by atomic mass is 32.2. The molecule has 1 aromatic heterocycles. The average Bonchev–Trinajstić information content (AvgIpc) is 2.71. The third kappa shape index (κ3) is 3.87. The maximum absolute atomic E-state index is 14.9. The molecule has 2 aliphatic rings. The zero-order valence-electron chi connectivity index (χ0n) is 16.9. The second kappa shape index (κ2) is 7.91. The van der Waals surface area contributed by atoms with Crippen molar-refractivity contribution >= 4 is 28.5 Å². The number of nitrogens with zero attached hydrogens (tertiary/aromatic N) is 3. The van der Waals surface area contributed by atoms with Gasteiger partial charge in [0.1, 0.15) is 11.5 Å². The highest BCUT2D eigenvalue weighted by molar-refractivity contribution is 8.13. The first-order valence-electron chi connectivity index (χ1n) is 9.56. The van der Waals surface area contributed by atoms with Gasteiger partial charge in [-0.15, -0.1) is 0 Å². The molecular weight excluding hydrogens is 450 g/mol. The van der Waals surface area contributed by atoms with Crippen molar-refractivity contribution in [2.75, 3.05) is 17.9 Å².